The quantitative estimate of drug-likeness (QED) is 0.0921. The first kappa shape index (κ1) is 31.9. The molecule has 13 heteroatoms. The first-order valence-electron chi connectivity index (χ1n) is 12.9. The first-order chi connectivity index (χ1) is 19.0. The molecule has 0 spiro atoms. The van der Waals surface area contributed by atoms with Gasteiger partial charge in [-0.15, -0.1) is 0 Å². The highest BCUT2D eigenvalue weighted by atomic mass is 16.6. The minimum absolute atomic E-state index is 0.0165. The van der Waals surface area contributed by atoms with Crippen LogP contribution in [0, 0.1) is 10.1 Å². The molecule has 216 valence electrons. The summed E-state index contributed by atoms with van der Waals surface area (Å²) in [5.41, 5.74) is 18.1. The van der Waals surface area contributed by atoms with Gasteiger partial charge in [-0.05, 0) is 37.4 Å². The van der Waals surface area contributed by atoms with Crippen LogP contribution in [0.4, 0.5) is 5.69 Å². The summed E-state index contributed by atoms with van der Waals surface area (Å²) in [6.45, 7) is 1.89. The zero-order valence-electron chi connectivity index (χ0n) is 22.4. The molecule has 0 saturated carbocycles. The molecule has 0 heterocycles. The molecule has 0 fully saturated rings. The Morgan fingerprint density at radius 2 is 1.40 bits per heavy atom. The molecule has 0 aliphatic carbocycles. The number of rotatable bonds is 16. The number of carbonyl (C=O) groups is 4. The number of nitrogens with two attached hydrogens (primary N) is 3. The number of nitro benzene ring substituents is 1. The fourth-order valence-electron chi connectivity index (χ4n) is 3.87. The van der Waals surface area contributed by atoms with E-state index in [9.17, 15) is 29.3 Å². The normalized spacial score (nSPS) is 13.8. The van der Waals surface area contributed by atoms with E-state index in [2.05, 4.69) is 16.0 Å². The summed E-state index contributed by atoms with van der Waals surface area (Å²) in [5.74, 6) is -2.62. The molecule has 4 amide bonds. The van der Waals surface area contributed by atoms with Gasteiger partial charge in [-0.25, -0.2) is 0 Å². The molecular formula is C27H37N7O6. The van der Waals surface area contributed by atoms with Gasteiger partial charge in [0.05, 0.1) is 11.0 Å². The lowest BCUT2D eigenvalue weighted by Crippen LogP contribution is -2.57. The van der Waals surface area contributed by atoms with Gasteiger partial charge in [-0.2, -0.15) is 0 Å². The third-order valence-electron chi connectivity index (χ3n) is 6.22. The molecule has 13 nitrogen and oxygen atoms in total. The highest BCUT2D eigenvalue weighted by Crippen LogP contribution is 2.14. The standard InChI is InChI=1S/C27H37N7O6/c1-17(25(36)32-22(24(30)35)15-18-7-3-2-4-8-18)31-27(38)23(33-26(37)21(29)9-5-6-14-28)16-19-10-12-20(13-11-19)34(39)40/h2-4,7-8,10-13,17,21-23H,5-6,9,14-16,28-29H2,1H3,(H2,30,35)(H,31,38)(H,32,36)(H,33,37). The number of nitrogens with zero attached hydrogens (tertiary/aromatic N) is 1. The van der Waals surface area contributed by atoms with Crippen molar-refractivity contribution >= 4 is 29.3 Å². The van der Waals surface area contributed by atoms with Crippen molar-refractivity contribution in [3.05, 3.63) is 75.8 Å². The van der Waals surface area contributed by atoms with Gasteiger partial charge in [-0.3, -0.25) is 29.3 Å². The molecule has 0 bridgehead atoms. The lowest BCUT2D eigenvalue weighted by molar-refractivity contribution is -0.384. The van der Waals surface area contributed by atoms with Crippen molar-refractivity contribution in [1.29, 1.82) is 0 Å². The number of amides is 4. The molecule has 9 N–H and O–H groups in total. The van der Waals surface area contributed by atoms with Gasteiger partial charge in [0, 0.05) is 25.0 Å². The van der Waals surface area contributed by atoms with Crippen molar-refractivity contribution in [2.45, 2.75) is 63.2 Å². The Hall–Kier alpha value is -4.36. The number of benzene rings is 2. The molecule has 0 radical (unpaired) electrons. The summed E-state index contributed by atoms with van der Waals surface area (Å²) in [6.07, 6.45) is 1.84. The molecule has 0 aliphatic rings. The summed E-state index contributed by atoms with van der Waals surface area (Å²) in [4.78, 5) is 61.1. The summed E-state index contributed by atoms with van der Waals surface area (Å²) in [5, 5.41) is 18.7. The zero-order valence-corrected chi connectivity index (χ0v) is 22.4. The van der Waals surface area contributed by atoms with E-state index in [0.29, 0.717) is 31.4 Å². The van der Waals surface area contributed by atoms with E-state index in [-0.39, 0.29) is 18.5 Å². The maximum Gasteiger partial charge on any atom is 0.269 e. The second kappa shape index (κ2) is 15.9. The third-order valence-corrected chi connectivity index (χ3v) is 6.22. The lowest BCUT2D eigenvalue weighted by atomic mass is 10.0. The summed E-state index contributed by atoms with van der Waals surface area (Å²) >= 11 is 0. The van der Waals surface area contributed by atoms with Crippen LogP contribution in [0.3, 0.4) is 0 Å². The maximum atomic E-state index is 13.2. The average Bonchev–Trinajstić information content (AvgIpc) is 2.92. The summed E-state index contributed by atoms with van der Waals surface area (Å²) < 4.78 is 0. The number of nitro groups is 1. The van der Waals surface area contributed by atoms with Crippen molar-refractivity contribution in [2.75, 3.05) is 6.54 Å². The lowest BCUT2D eigenvalue weighted by Gasteiger charge is -2.24. The Bertz CT molecular complexity index is 1160. The number of hydrogen-bond acceptors (Lipinski definition) is 8. The predicted molar refractivity (Wildman–Crippen MR) is 148 cm³/mol. The summed E-state index contributed by atoms with van der Waals surface area (Å²) in [7, 11) is 0. The molecule has 4 unspecified atom stereocenters. The van der Waals surface area contributed by atoms with Gasteiger partial charge >= 0.3 is 0 Å². The highest BCUT2D eigenvalue weighted by Gasteiger charge is 2.28. The van der Waals surface area contributed by atoms with Gasteiger partial charge in [0.1, 0.15) is 18.1 Å². The van der Waals surface area contributed by atoms with Gasteiger partial charge in [0.15, 0.2) is 0 Å². The number of nitrogens with one attached hydrogen (secondary N) is 3. The number of hydrogen-bond donors (Lipinski definition) is 6. The Morgan fingerprint density at radius 1 is 0.825 bits per heavy atom. The first-order valence-corrected chi connectivity index (χ1v) is 12.9. The Labute approximate surface area is 232 Å². The van der Waals surface area contributed by atoms with Crippen molar-refractivity contribution in [1.82, 2.24) is 16.0 Å². The van der Waals surface area contributed by atoms with Crippen LogP contribution in [0.2, 0.25) is 0 Å². The molecule has 0 aliphatic heterocycles. The number of unbranched alkanes of at least 4 members (excludes halogenated alkanes) is 1. The molecule has 40 heavy (non-hydrogen) atoms. The van der Waals surface area contributed by atoms with Gasteiger partial charge in [0.2, 0.25) is 23.6 Å². The fourth-order valence-corrected chi connectivity index (χ4v) is 3.87. The average molecular weight is 556 g/mol. The van der Waals surface area contributed by atoms with Crippen LogP contribution >= 0.6 is 0 Å². The van der Waals surface area contributed by atoms with E-state index < -0.39 is 52.7 Å². The van der Waals surface area contributed by atoms with Crippen molar-refractivity contribution in [2.24, 2.45) is 17.2 Å². The van der Waals surface area contributed by atoms with Crippen LogP contribution in [0.1, 0.15) is 37.3 Å². The van der Waals surface area contributed by atoms with Crippen molar-refractivity contribution in [3.63, 3.8) is 0 Å². The zero-order chi connectivity index (χ0) is 29.7. The van der Waals surface area contributed by atoms with Gasteiger partial charge in [-0.1, -0.05) is 48.9 Å². The van der Waals surface area contributed by atoms with E-state index >= 15 is 0 Å². The Balaban J connectivity index is 2.11. The summed E-state index contributed by atoms with van der Waals surface area (Å²) in [6, 6.07) is 10.4. The van der Waals surface area contributed by atoms with E-state index in [0.717, 1.165) is 5.56 Å². The second-order valence-corrected chi connectivity index (χ2v) is 9.46. The van der Waals surface area contributed by atoms with Crippen LogP contribution in [-0.2, 0) is 32.0 Å². The second-order valence-electron chi connectivity index (χ2n) is 9.46. The van der Waals surface area contributed by atoms with E-state index in [1.165, 1.54) is 31.2 Å². The molecule has 4 atom stereocenters. The maximum absolute atomic E-state index is 13.2. The molecular weight excluding hydrogens is 518 g/mol. The SMILES string of the molecule is CC(NC(=O)C(Cc1ccc([N+](=O)[O-])cc1)NC(=O)C(N)CCCCN)C(=O)NC(Cc1ccccc1)C(N)=O. The van der Waals surface area contributed by atoms with E-state index in [1.807, 2.05) is 6.07 Å². The van der Waals surface area contributed by atoms with Crippen LogP contribution in [0.15, 0.2) is 54.6 Å². The smallest absolute Gasteiger partial charge is 0.269 e. The van der Waals surface area contributed by atoms with Crippen LogP contribution in [0.25, 0.3) is 0 Å². The Morgan fingerprint density at radius 3 is 1.98 bits per heavy atom. The van der Waals surface area contributed by atoms with Gasteiger partial charge < -0.3 is 33.2 Å². The largest absolute Gasteiger partial charge is 0.368 e. The topological polar surface area (TPSA) is 226 Å². The van der Waals surface area contributed by atoms with E-state index in [1.54, 1.807) is 24.3 Å². The fraction of sp³-hybridized carbons (Fsp3) is 0.407. The third kappa shape index (κ3) is 10.4. The predicted octanol–water partition coefficient (Wildman–Crippen LogP) is -0.204. The Kier molecular flexibility index (Phi) is 12.7. The van der Waals surface area contributed by atoms with Crippen molar-refractivity contribution in [3.8, 4) is 0 Å². The highest BCUT2D eigenvalue weighted by molar-refractivity contribution is 5.94. The molecule has 2 aromatic carbocycles. The van der Waals surface area contributed by atoms with Crippen LogP contribution < -0.4 is 33.2 Å². The van der Waals surface area contributed by atoms with E-state index in [4.69, 9.17) is 17.2 Å². The number of primary amides is 1. The molecule has 2 aromatic rings. The molecule has 2 rings (SSSR count). The van der Waals surface area contributed by atoms with Crippen molar-refractivity contribution < 1.29 is 24.1 Å². The number of carbonyl (C=O) groups excluding carboxylic acids is 4. The molecule has 0 aromatic heterocycles. The molecule has 0 saturated heterocycles. The monoisotopic (exact) mass is 555 g/mol. The minimum atomic E-state index is -1.14. The minimum Gasteiger partial charge on any atom is -0.368 e. The van der Waals surface area contributed by atoms with Crippen LogP contribution in [0.5, 0.6) is 0 Å². The van der Waals surface area contributed by atoms with Crippen LogP contribution in [-0.4, -0.2) is 59.3 Å². The van der Waals surface area contributed by atoms with Gasteiger partial charge in [0.25, 0.3) is 5.69 Å². The number of non-ortho nitro benzene ring substituents is 1.